The topological polar surface area (TPSA) is 50.9 Å². The summed E-state index contributed by atoms with van der Waals surface area (Å²) in [5.74, 6) is 3.90. The molecule has 1 aromatic rings. The monoisotopic (exact) mass is 277 g/mol. The first-order chi connectivity index (χ1) is 9.25. The summed E-state index contributed by atoms with van der Waals surface area (Å²) in [5, 5.41) is 0. The summed E-state index contributed by atoms with van der Waals surface area (Å²) in [5.41, 5.74) is 7.34. The van der Waals surface area contributed by atoms with Gasteiger partial charge in [-0.3, -0.25) is 4.99 Å². The third kappa shape index (κ3) is 2.16. The van der Waals surface area contributed by atoms with Crippen LogP contribution in [0.15, 0.2) is 29.3 Å². The molecule has 0 aromatic heterocycles. The van der Waals surface area contributed by atoms with E-state index in [-0.39, 0.29) is 5.54 Å². The minimum Gasteiger partial charge on any atom is -0.497 e. The molecule has 1 aromatic carbocycles. The van der Waals surface area contributed by atoms with Crippen molar-refractivity contribution in [3.8, 4) is 5.75 Å². The highest BCUT2D eigenvalue weighted by Crippen LogP contribution is 2.39. The van der Waals surface area contributed by atoms with E-state index in [0.29, 0.717) is 5.96 Å². The maximum absolute atomic E-state index is 6.12. The molecule has 5 heteroatoms. The second-order valence-corrected chi connectivity index (χ2v) is 6.27. The highest BCUT2D eigenvalue weighted by Gasteiger charge is 2.43. The molecule has 1 spiro atoms. The molecule has 2 aliphatic heterocycles. The van der Waals surface area contributed by atoms with Gasteiger partial charge in [0.1, 0.15) is 5.75 Å². The van der Waals surface area contributed by atoms with Crippen molar-refractivity contribution < 1.29 is 4.74 Å². The number of rotatable bonds is 2. The van der Waals surface area contributed by atoms with Crippen LogP contribution in [0.5, 0.6) is 5.75 Å². The van der Waals surface area contributed by atoms with Crippen LogP contribution < -0.4 is 15.4 Å². The minimum atomic E-state index is 0.101. The number of nitrogens with two attached hydrogens (primary N) is 1. The van der Waals surface area contributed by atoms with Crippen molar-refractivity contribution >= 4 is 23.4 Å². The molecule has 2 N–H and O–H groups in total. The average molecular weight is 277 g/mol. The number of ether oxygens (including phenoxy) is 1. The van der Waals surface area contributed by atoms with Crippen LogP contribution in [0, 0.1) is 0 Å². The number of anilines is 1. The van der Waals surface area contributed by atoms with Gasteiger partial charge in [0.15, 0.2) is 5.96 Å². The van der Waals surface area contributed by atoms with Crippen LogP contribution in [-0.2, 0) is 0 Å². The largest absolute Gasteiger partial charge is 0.497 e. The summed E-state index contributed by atoms with van der Waals surface area (Å²) >= 11 is 2.02. The van der Waals surface area contributed by atoms with Gasteiger partial charge in [-0.25, -0.2) is 0 Å². The van der Waals surface area contributed by atoms with E-state index in [2.05, 4.69) is 22.0 Å². The lowest BCUT2D eigenvalue weighted by Gasteiger charge is -2.41. The van der Waals surface area contributed by atoms with E-state index in [4.69, 9.17) is 10.5 Å². The van der Waals surface area contributed by atoms with E-state index >= 15 is 0 Å². The van der Waals surface area contributed by atoms with Crippen LogP contribution in [0.1, 0.15) is 12.8 Å². The Balaban J connectivity index is 1.92. The van der Waals surface area contributed by atoms with Gasteiger partial charge in [-0.2, -0.15) is 11.8 Å². The molecule has 1 saturated heterocycles. The number of hydrogen-bond acceptors (Lipinski definition) is 5. The van der Waals surface area contributed by atoms with E-state index in [1.807, 2.05) is 23.9 Å². The number of thioether (sulfide) groups is 1. The molecule has 1 fully saturated rings. The van der Waals surface area contributed by atoms with E-state index in [9.17, 15) is 0 Å². The van der Waals surface area contributed by atoms with Crippen LogP contribution in [0.2, 0.25) is 0 Å². The van der Waals surface area contributed by atoms with Crippen molar-refractivity contribution in [2.24, 2.45) is 10.7 Å². The Morgan fingerprint density at radius 3 is 2.58 bits per heavy atom. The number of nitrogens with zero attached hydrogens (tertiary/aromatic N) is 2. The van der Waals surface area contributed by atoms with E-state index in [1.165, 1.54) is 11.5 Å². The summed E-state index contributed by atoms with van der Waals surface area (Å²) in [7, 11) is 1.68. The number of guanidine groups is 1. The Bertz CT molecular complexity index is 480. The van der Waals surface area contributed by atoms with Gasteiger partial charge in [-0.1, -0.05) is 0 Å². The van der Waals surface area contributed by atoms with Crippen LogP contribution >= 0.6 is 11.8 Å². The highest BCUT2D eigenvalue weighted by atomic mass is 32.2. The first-order valence-corrected chi connectivity index (χ1v) is 7.73. The Kier molecular flexibility index (Phi) is 3.31. The molecule has 4 nitrogen and oxygen atoms in total. The number of methoxy groups -OCH3 is 1. The Morgan fingerprint density at radius 1 is 1.26 bits per heavy atom. The second-order valence-electron chi connectivity index (χ2n) is 5.04. The second kappa shape index (κ2) is 4.96. The maximum atomic E-state index is 6.12. The van der Waals surface area contributed by atoms with Crippen LogP contribution in [0.3, 0.4) is 0 Å². The average Bonchev–Trinajstić information content (AvgIpc) is 2.77. The molecule has 2 aliphatic rings. The lowest BCUT2D eigenvalue weighted by atomic mass is 9.90. The SMILES string of the molecule is COc1ccc(N2C(N)=NCC23CCSCC3)cc1. The molecule has 0 radical (unpaired) electrons. The molecule has 0 atom stereocenters. The molecular weight excluding hydrogens is 258 g/mol. The predicted molar refractivity (Wildman–Crippen MR) is 81.3 cm³/mol. The molecule has 2 heterocycles. The summed E-state index contributed by atoms with van der Waals surface area (Å²) in [6, 6.07) is 8.09. The van der Waals surface area contributed by atoms with Crippen LogP contribution in [-0.4, -0.2) is 36.7 Å². The molecular formula is C14H19N3OS. The summed E-state index contributed by atoms with van der Waals surface area (Å²) in [6.07, 6.45) is 2.29. The lowest BCUT2D eigenvalue weighted by molar-refractivity contribution is 0.413. The zero-order valence-electron chi connectivity index (χ0n) is 11.1. The molecule has 0 unspecified atom stereocenters. The number of aliphatic imine (C=N–C) groups is 1. The third-order valence-corrected chi connectivity index (χ3v) is 4.98. The smallest absolute Gasteiger partial charge is 0.196 e. The molecule has 19 heavy (non-hydrogen) atoms. The van der Waals surface area contributed by atoms with Gasteiger partial charge in [0, 0.05) is 5.69 Å². The molecule has 0 saturated carbocycles. The summed E-state index contributed by atoms with van der Waals surface area (Å²) in [6.45, 7) is 0.825. The van der Waals surface area contributed by atoms with Crippen molar-refractivity contribution in [2.75, 3.05) is 30.1 Å². The molecule has 3 rings (SSSR count). The first-order valence-electron chi connectivity index (χ1n) is 6.57. The van der Waals surface area contributed by atoms with Gasteiger partial charge < -0.3 is 15.4 Å². The normalized spacial score (nSPS) is 21.5. The van der Waals surface area contributed by atoms with Crippen LogP contribution in [0.25, 0.3) is 0 Å². The first kappa shape index (κ1) is 12.7. The van der Waals surface area contributed by atoms with Gasteiger partial charge >= 0.3 is 0 Å². The standard InChI is InChI=1S/C14H19N3OS/c1-18-12-4-2-11(3-5-12)17-13(15)16-10-14(17)6-8-19-9-7-14/h2-5H,6-10H2,1H3,(H2,15,16). The third-order valence-electron chi connectivity index (χ3n) is 3.99. The molecule has 0 amide bonds. The Hall–Kier alpha value is -1.36. The fourth-order valence-corrected chi connectivity index (χ4v) is 4.14. The minimum absolute atomic E-state index is 0.101. The lowest BCUT2D eigenvalue weighted by Crippen LogP contribution is -2.54. The predicted octanol–water partition coefficient (Wildman–Crippen LogP) is 2.10. The van der Waals surface area contributed by atoms with Gasteiger partial charge in [-0.15, -0.1) is 0 Å². The van der Waals surface area contributed by atoms with Crippen LogP contribution in [0.4, 0.5) is 5.69 Å². The maximum Gasteiger partial charge on any atom is 0.196 e. The molecule has 102 valence electrons. The van der Waals surface area contributed by atoms with Crippen molar-refractivity contribution in [1.82, 2.24) is 0 Å². The quantitative estimate of drug-likeness (QED) is 0.899. The highest BCUT2D eigenvalue weighted by molar-refractivity contribution is 7.99. The van der Waals surface area contributed by atoms with E-state index < -0.39 is 0 Å². The Morgan fingerprint density at radius 2 is 1.95 bits per heavy atom. The summed E-state index contributed by atoms with van der Waals surface area (Å²) < 4.78 is 5.21. The van der Waals surface area contributed by atoms with Crippen molar-refractivity contribution in [1.29, 1.82) is 0 Å². The Labute approximate surface area is 118 Å². The summed E-state index contributed by atoms with van der Waals surface area (Å²) in [4.78, 5) is 6.72. The number of benzene rings is 1. The van der Waals surface area contributed by atoms with Gasteiger partial charge in [0.2, 0.25) is 0 Å². The van der Waals surface area contributed by atoms with Crippen molar-refractivity contribution in [3.63, 3.8) is 0 Å². The van der Waals surface area contributed by atoms with Crippen molar-refractivity contribution in [3.05, 3.63) is 24.3 Å². The number of hydrogen-bond donors (Lipinski definition) is 1. The van der Waals surface area contributed by atoms with E-state index in [0.717, 1.165) is 30.8 Å². The fraction of sp³-hybridized carbons (Fsp3) is 0.500. The zero-order chi connectivity index (χ0) is 13.3. The zero-order valence-corrected chi connectivity index (χ0v) is 11.9. The van der Waals surface area contributed by atoms with Gasteiger partial charge in [0.05, 0.1) is 19.2 Å². The molecule has 0 bridgehead atoms. The van der Waals surface area contributed by atoms with Crippen molar-refractivity contribution in [2.45, 2.75) is 18.4 Å². The molecule has 0 aliphatic carbocycles. The van der Waals surface area contributed by atoms with E-state index in [1.54, 1.807) is 7.11 Å². The van der Waals surface area contributed by atoms with Gasteiger partial charge in [0.25, 0.3) is 0 Å². The fourth-order valence-electron chi connectivity index (χ4n) is 2.88. The van der Waals surface area contributed by atoms with Gasteiger partial charge in [-0.05, 0) is 48.6 Å².